The summed E-state index contributed by atoms with van der Waals surface area (Å²) in [4.78, 5) is 30.9. The van der Waals surface area contributed by atoms with E-state index in [1.807, 2.05) is 13.8 Å². The van der Waals surface area contributed by atoms with Gasteiger partial charge in [-0.25, -0.2) is 0 Å². The van der Waals surface area contributed by atoms with Crippen molar-refractivity contribution in [2.75, 3.05) is 13.1 Å². The van der Waals surface area contributed by atoms with E-state index in [0.29, 0.717) is 5.92 Å². The van der Waals surface area contributed by atoms with Crippen molar-refractivity contribution in [2.45, 2.75) is 79.4 Å². The predicted octanol–water partition coefficient (Wildman–Crippen LogP) is 3.28. The van der Waals surface area contributed by atoms with Gasteiger partial charge in [-0.2, -0.15) is 9.59 Å². The van der Waals surface area contributed by atoms with Crippen LogP contribution in [0.15, 0.2) is 0 Å². The molecule has 0 spiro atoms. The minimum Gasteiger partial charge on any atom is -0.462 e. The van der Waals surface area contributed by atoms with Crippen LogP contribution < -0.4 is 0 Å². The van der Waals surface area contributed by atoms with E-state index >= 15 is 0 Å². The molecule has 0 amide bonds. The maximum atomic E-state index is 12.3. The Morgan fingerprint density at radius 3 is 1.68 bits per heavy atom. The summed E-state index contributed by atoms with van der Waals surface area (Å²) in [5, 5.41) is 0. The van der Waals surface area contributed by atoms with Gasteiger partial charge in [-0.05, 0) is 45.7 Å². The summed E-state index contributed by atoms with van der Waals surface area (Å²) in [7, 11) is 0. The molecule has 0 aliphatic rings. The fourth-order valence-corrected chi connectivity index (χ4v) is 2.26. The highest BCUT2D eigenvalue weighted by Crippen LogP contribution is 2.16. The number of carbonyl (C=O) groups excluding carboxylic acids is 3. The normalized spacial score (nSPS) is 11.9. The van der Waals surface area contributed by atoms with Gasteiger partial charge in [0.25, 0.3) is 0 Å². The largest absolute Gasteiger partial charge is 0.462 e. The number of hydrogen-bond donors (Lipinski definition) is 0. The van der Waals surface area contributed by atoms with Crippen molar-refractivity contribution in [3.8, 4) is 0 Å². The van der Waals surface area contributed by atoms with Crippen LogP contribution in [0.2, 0.25) is 0 Å². The number of ether oxygens (including phenoxy) is 1. The van der Waals surface area contributed by atoms with Gasteiger partial charge in [0.2, 0.25) is 0 Å². The highest BCUT2D eigenvalue weighted by Gasteiger charge is 2.30. The minimum atomic E-state index is -0.0968. The second kappa shape index (κ2) is 14.7. The van der Waals surface area contributed by atoms with E-state index in [2.05, 4.69) is 32.6 Å². The van der Waals surface area contributed by atoms with Crippen LogP contribution in [0.3, 0.4) is 0 Å². The Kier molecular flexibility index (Phi) is 15.5. The molecule has 0 rings (SSSR count). The van der Waals surface area contributed by atoms with Crippen LogP contribution >= 0.6 is 0 Å². The van der Waals surface area contributed by atoms with E-state index in [1.165, 1.54) is 0 Å². The second-order valence-corrected chi connectivity index (χ2v) is 6.00. The molecule has 22 heavy (non-hydrogen) atoms. The zero-order valence-corrected chi connectivity index (χ0v) is 15.1. The zero-order chi connectivity index (χ0) is 17.5. The topological polar surface area (TPSA) is 63.7 Å². The van der Waals surface area contributed by atoms with Gasteiger partial charge in [0, 0.05) is 0 Å². The molecule has 0 aromatic carbocycles. The van der Waals surface area contributed by atoms with Crippen molar-refractivity contribution in [1.82, 2.24) is 4.90 Å². The number of carbonyl (C=O) groups is 1. The van der Waals surface area contributed by atoms with Crippen molar-refractivity contribution in [1.29, 1.82) is 0 Å². The SMILES string of the molecule is CCCCN(CCCC)C(C(=O)OC(C)C)C(C)C.O=C=O. The van der Waals surface area contributed by atoms with Crippen molar-refractivity contribution < 1.29 is 19.1 Å². The molecule has 0 heterocycles. The van der Waals surface area contributed by atoms with Gasteiger partial charge in [0.05, 0.1) is 6.10 Å². The molecule has 0 saturated heterocycles. The standard InChI is InChI=1S/C16H33NO2.CO2/c1-7-9-11-17(12-10-8-2)15(13(3)4)16(18)19-14(5)6;2-1-3/h13-15H,7-12H2,1-6H3;. The van der Waals surface area contributed by atoms with Crippen LogP contribution in [0.25, 0.3) is 0 Å². The third kappa shape index (κ3) is 11.5. The number of nitrogens with zero attached hydrogens (tertiary/aromatic N) is 1. The van der Waals surface area contributed by atoms with Crippen LogP contribution in [-0.4, -0.2) is 42.3 Å². The fourth-order valence-electron chi connectivity index (χ4n) is 2.26. The Morgan fingerprint density at radius 2 is 1.41 bits per heavy atom. The summed E-state index contributed by atoms with van der Waals surface area (Å²) < 4.78 is 5.43. The summed E-state index contributed by atoms with van der Waals surface area (Å²) in [6.07, 6.45) is 4.82. The third-order valence-corrected chi connectivity index (χ3v) is 3.22. The summed E-state index contributed by atoms with van der Waals surface area (Å²) in [6.45, 7) is 14.4. The Bertz CT molecular complexity index is 302. The molecule has 0 N–H and O–H groups in total. The van der Waals surface area contributed by atoms with Gasteiger partial charge in [-0.3, -0.25) is 9.69 Å². The maximum Gasteiger partial charge on any atom is 0.373 e. The first kappa shape index (κ1) is 23.1. The first-order valence-electron chi connectivity index (χ1n) is 8.29. The highest BCUT2D eigenvalue weighted by molar-refractivity contribution is 5.76. The molecule has 0 bridgehead atoms. The van der Waals surface area contributed by atoms with E-state index in [4.69, 9.17) is 14.3 Å². The molecular weight excluding hydrogens is 282 g/mol. The first-order valence-corrected chi connectivity index (χ1v) is 8.29. The molecule has 0 aliphatic carbocycles. The van der Waals surface area contributed by atoms with Crippen molar-refractivity contribution in [3.63, 3.8) is 0 Å². The monoisotopic (exact) mass is 315 g/mol. The van der Waals surface area contributed by atoms with Crippen LogP contribution in [0.1, 0.15) is 67.2 Å². The number of rotatable bonds is 10. The number of hydrogen-bond acceptors (Lipinski definition) is 5. The Balaban J connectivity index is 0. The van der Waals surface area contributed by atoms with Gasteiger partial charge >= 0.3 is 12.1 Å². The lowest BCUT2D eigenvalue weighted by Gasteiger charge is -2.33. The van der Waals surface area contributed by atoms with Crippen LogP contribution in [-0.2, 0) is 19.1 Å². The lowest BCUT2D eigenvalue weighted by molar-refractivity contribution is -0.191. The summed E-state index contributed by atoms with van der Waals surface area (Å²) in [6, 6.07) is -0.0968. The average molecular weight is 315 g/mol. The Hall–Kier alpha value is -1.19. The fraction of sp³-hybridized carbons (Fsp3) is 0.882. The van der Waals surface area contributed by atoms with E-state index in [9.17, 15) is 4.79 Å². The first-order chi connectivity index (χ1) is 10.3. The van der Waals surface area contributed by atoms with Crippen molar-refractivity contribution >= 4 is 12.1 Å². The minimum absolute atomic E-state index is 0.0343. The lowest BCUT2D eigenvalue weighted by atomic mass is 10.0. The molecule has 130 valence electrons. The average Bonchev–Trinajstić information content (AvgIpc) is 2.41. The molecule has 0 aliphatic heterocycles. The van der Waals surface area contributed by atoms with Gasteiger partial charge in [-0.1, -0.05) is 40.5 Å². The van der Waals surface area contributed by atoms with Crippen LogP contribution in [0, 0.1) is 5.92 Å². The number of esters is 1. The molecule has 0 aromatic rings. The summed E-state index contributed by atoms with van der Waals surface area (Å²) >= 11 is 0. The highest BCUT2D eigenvalue weighted by atomic mass is 16.5. The van der Waals surface area contributed by atoms with E-state index in [1.54, 1.807) is 0 Å². The molecule has 5 heteroatoms. The molecular formula is C17H33NO4. The van der Waals surface area contributed by atoms with E-state index < -0.39 is 0 Å². The van der Waals surface area contributed by atoms with Gasteiger partial charge in [0.15, 0.2) is 0 Å². The van der Waals surface area contributed by atoms with E-state index in [0.717, 1.165) is 38.8 Å². The van der Waals surface area contributed by atoms with Gasteiger partial charge in [-0.15, -0.1) is 0 Å². The van der Waals surface area contributed by atoms with Crippen molar-refractivity contribution in [2.24, 2.45) is 5.92 Å². The van der Waals surface area contributed by atoms with Crippen LogP contribution in [0.4, 0.5) is 0 Å². The molecule has 0 aromatic heterocycles. The van der Waals surface area contributed by atoms with E-state index in [-0.39, 0.29) is 24.3 Å². The third-order valence-electron chi connectivity index (χ3n) is 3.22. The predicted molar refractivity (Wildman–Crippen MR) is 86.3 cm³/mol. The van der Waals surface area contributed by atoms with Crippen LogP contribution in [0.5, 0.6) is 0 Å². The molecule has 0 fully saturated rings. The molecule has 0 saturated carbocycles. The zero-order valence-electron chi connectivity index (χ0n) is 15.1. The Labute approximate surface area is 135 Å². The maximum absolute atomic E-state index is 12.3. The Morgan fingerprint density at radius 1 is 1.00 bits per heavy atom. The summed E-state index contributed by atoms with van der Waals surface area (Å²) in [5.74, 6) is 0.233. The van der Waals surface area contributed by atoms with Crippen molar-refractivity contribution in [3.05, 3.63) is 0 Å². The summed E-state index contributed by atoms with van der Waals surface area (Å²) in [5.41, 5.74) is 0. The molecule has 1 atom stereocenters. The molecule has 1 unspecified atom stereocenters. The molecule has 0 radical (unpaired) electrons. The smallest absolute Gasteiger partial charge is 0.373 e. The number of unbranched alkanes of at least 4 members (excludes halogenated alkanes) is 2. The second-order valence-electron chi connectivity index (χ2n) is 6.00. The van der Waals surface area contributed by atoms with Gasteiger partial charge in [0.1, 0.15) is 6.04 Å². The lowest BCUT2D eigenvalue weighted by Crippen LogP contribution is -2.47. The molecule has 5 nitrogen and oxygen atoms in total. The van der Waals surface area contributed by atoms with Gasteiger partial charge < -0.3 is 4.74 Å². The quantitative estimate of drug-likeness (QED) is 0.579.